The number of piperidine rings is 1. The van der Waals surface area contributed by atoms with E-state index in [4.69, 9.17) is 5.90 Å². The first-order valence-corrected chi connectivity index (χ1v) is 17.7. The molecule has 1 aliphatic rings. The second-order valence-electron chi connectivity index (χ2n) is 10.4. The molecule has 46 heavy (non-hydrogen) atoms. The predicted molar refractivity (Wildman–Crippen MR) is 208 cm³/mol. The van der Waals surface area contributed by atoms with Crippen LogP contribution in [0.3, 0.4) is 0 Å². The number of hydrogen-bond acceptors (Lipinski definition) is 5. The fourth-order valence-electron chi connectivity index (χ4n) is 4.01. The smallest absolute Gasteiger partial charge is 0.116 e. The Morgan fingerprint density at radius 1 is 1.04 bits per heavy atom. The molecule has 0 saturated carbocycles. The Bertz CT molecular complexity index is 963. The molecular weight excluding hydrogens is 566 g/mol. The Hall–Kier alpha value is -3.25. The molecule has 0 spiro atoms. The Balaban J connectivity index is -0.000000285. The number of imidazole rings is 1. The Morgan fingerprint density at radius 2 is 1.59 bits per heavy atom. The normalized spacial score (nSPS) is 13.7. The number of nitrogens with one attached hydrogen (secondary N) is 1. The summed E-state index contributed by atoms with van der Waals surface area (Å²) in [7, 11) is 0. The van der Waals surface area contributed by atoms with Crippen LogP contribution < -0.4 is 11.6 Å². The standard InChI is InChI=1S/C16H28N2O.C12H14N2.C4H10.C2H5N.3C2H6/c1-5-16(10-9-15(4)19-17)12-14(3)18-11-7-6-8-13(18)2;1-9(2)12-13-8-11(14-12)10-6-4-3-5-7-10;1-3-4-2;1-2-3;3*1-2/h5,9,13,16H,1,3,6-8,10-12,17H2,2,4H3;3-9H,1-2H3,(H,13,14);3-4H2,1-2H3;2H,1,3H2;3*1-2H3/b15-9-;;;;;;. The number of nitrogens with zero attached hydrogens (tertiary/aromatic N) is 2. The highest BCUT2D eigenvalue weighted by Gasteiger charge is 2.20. The number of likely N-dealkylation sites (tertiary alicyclic amines) is 1. The van der Waals surface area contributed by atoms with E-state index in [2.05, 4.69) is 91.9 Å². The molecule has 0 amide bonds. The fourth-order valence-corrected chi connectivity index (χ4v) is 4.01. The summed E-state index contributed by atoms with van der Waals surface area (Å²) in [6, 6.07) is 10.9. The number of benzene rings is 1. The van der Waals surface area contributed by atoms with E-state index in [1.54, 1.807) is 0 Å². The van der Waals surface area contributed by atoms with Crippen molar-refractivity contribution in [3.8, 4) is 11.3 Å². The quantitative estimate of drug-likeness (QED) is 0.136. The van der Waals surface area contributed by atoms with Gasteiger partial charge in [0.1, 0.15) is 11.6 Å². The van der Waals surface area contributed by atoms with Crippen molar-refractivity contribution >= 4 is 0 Å². The van der Waals surface area contributed by atoms with Gasteiger partial charge in [-0.15, -0.1) is 6.58 Å². The largest absolute Gasteiger partial charge is 0.417 e. The lowest BCUT2D eigenvalue weighted by Crippen LogP contribution is -2.36. The van der Waals surface area contributed by atoms with Gasteiger partial charge in [-0.05, 0) is 69.7 Å². The number of aromatic nitrogens is 2. The Labute approximate surface area is 286 Å². The first-order chi connectivity index (χ1) is 22.2. The number of aromatic amines is 1. The van der Waals surface area contributed by atoms with Crippen molar-refractivity contribution in [2.45, 2.75) is 140 Å². The summed E-state index contributed by atoms with van der Waals surface area (Å²) in [6.45, 7) is 37.2. The Kier molecular flexibility index (Phi) is 39.1. The summed E-state index contributed by atoms with van der Waals surface area (Å²) in [5, 5.41) is 0. The second kappa shape index (κ2) is 36.2. The van der Waals surface area contributed by atoms with Crippen molar-refractivity contribution in [3.05, 3.63) is 91.9 Å². The van der Waals surface area contributed by atoms with E-state index >= 15 is 0 Å². The van der Waals surface area contributed by atoms with E-state index in [-0.39, 0.29) is 0 Å². The van der Waals surface area contributed by atoms with Gasteiger partial charge in [0.15, 0.2) is 0 Å². The minimum atomic E-state index is 0.395. The first-order valence-electron chi connectivity index (χ1n) is 17.7. The van der Waals surface area contributed by atoms with Gasteiger partial charge in [-0.1, -0.05) is 132 Å². The van der Waals surface area contributed by atoms with Crippen molar-refractivity contribution in [2.24, 2.45) is 17.5 Å². The SMILES string of the molecule is C=CC(C/C=C(/C)ON)CC(=C)N1CCCCC1C.C=CN.CC.CC.CC.CC(C)c1ncc(-c2ccccc2)[nH]1.CCCC. The molecule has 0 radical (unpaired) electrons. The average molecular weight is 642 g/mol. The summed E-state index contributed by atoms with van der Waals surface area (Å²) in [4.78, 5) is 14.8. The highest BCUT2D eigenvalue weighted by Crippen LogP contribution is 2.26. The van der Waals surface area contributed by atoms with Gasteiger partial charge in [-0.3, -0.25) is 0 Å². The number of hydrogen-bond donors (Lipinski definition) is 3. The lowest BCUT2D eigenvalue weighted by molar-refractivity contribution is 0.199. The maximum Gasteiger partial charge on any atom is 0.116 e. The maximum atomic E-state index is 5.12. The van der Waals surface area contributed by atoms with Crippen LogP contribution in [-0.2, 0) is 4.84 Å². The first kappa shape index (κ1) is 49.6. The zero-order chi connectivity index (χ0) is 36.3. The van der Waals surface area contributed by atoms with Crippen LogP contribution in [0.2, 0.25) is 0 Å². The van der Waals surface area contributed by atoms with Crippen molar-refractivity contribution in [2.75, 3.05) is 6.54 Å². The molecule has 1 aliphatic heterocycles. The van der Waals surface area contributed by atoms with Crippen LogP contribution in [0.15, 0.2) is 86.1 Å². The van der Waals surface area contributed by atoms with Crippen molar-refractivity contribution < 1.29 is 4.84 Å². The van der Waals surface area contributed by atoms with Crippen LogP contribution in [0.1, 0.15) is 140 Å². The van der Waals surface area contributed by atoms with Crippen molar-refractivity contribution in [1.82, 2.24) is 14.9 Å². The highest BCUT2D eigenvalue weighted by atomic mass is 16.6. The van der Waals surface area contributed by atoms with E-state index in [1.165, 1.54) is 49.6 Å². The molecule has 2 heterocycles. The molecule has 0 bridgehead atoms. The van der Waals surface area contributed by atoms with Crippen LogP contribution in [0.25, 0.3) is 11.3 Å². The van der Waals surface area contributed by atoms with Crippen LogP contribution >= 0.6 is 0 Å². The molecule has 6 heteroatoms. The van der Waals surface area contributed by atoms with E-state index in [9.17, 15) is 0 Å². The topological polar surface area (TPSA) is 93.2 Å². The van der Waals surface area contributed by atoms with Gasteiger partial charge >= 0.3 is 0 Å². The second-order valence-corrected chi connectivity index (χ2v) is 10.4. The summed E-state index contributed by atoms with van der Waals surface area (Å²) in [5.41, 5.74) is 8.12. The van der Waals surface area contributed by atoms with Crippen LogP contribution in [0, 0.1) is 5.92 Å². The molecule has 5 N–H and O–H groups in total. The zero-order valence-electron chi connectivity index (χ0n) is 32.2. The van der Waals surface area contributed by atoms with Gasteiger partial charge < -0.3 is 20.5 Å². The molecule has 1 saturated heterocycles. The Morgan fingerprint density at radius 3 is 2.00 bits per heavy atom. The molecule has 1 fully saturated rings. The maximum absolute atomic E-state index is 5.12. The number of nitrogens with two attached hydrogens (primary N) is 2. The van der Waals surface area contributed by atoms with Crippen molar-refractivity contribution in [1.29, 1.82) is 0 Å². The predicted octanol–water partition coefficient (Wildman–Crippen LogP) is 11.9. The van der Waals surface area contributed by atoms with Gasteiger partial charge in [0.05, 0.1) is 11.9 Å². The third-order valence-electron chi connectivity index (χ3n) is 6.66. The summed E-state index contributed by atoms with van der Waals surface area (Å²) in [5.74, 6) is 7.76. The molecule has 2 aromatic rings. The van der Waals surface area contributed by atoms with E-state index in [1.807, 2.05) is 85.0 Å². The third-order valence-corrected chi connectivity index (χ3v) is 6.66. The zero-order valence-corrected chi connectivity index (χ0v) is 32.2. The number of allylic oxidation sites excluding steroid dienone is 4. The molecule has 2 unspecified atom stereocenters. The van der Waals surface area contributed by atoms with Crippen molar-refractivity contribution in [3.63, 3.8) is 0 Å². The molecule has 6 nitrogen and oxygen atoms in total. The van der Waals surface area contributed by atoms with Gasteiger partial charge in [0.25, 0.3) is 0 Å². The number of H-pyrrole nitrogens is 1. The minimum Gasteiger partial charge on any atom is -0.417 e. The molecule has 2 atom stereocenters. The summed E-state index contributed by atoms with van der Waals surface area (Å²) < 4.78 is 0. The van der Waals surface area contributed by atoms with E-state index in [0.717, 1.165) is 36.7 Å². The molecule has 3 rings (SSSR count). The van der Waals surface area contributed by atoms with Crippen LogP contribution in [0.4, 0.5) is 0 Å². The summed E-state index contributed by atoms with van der Waals surface area (Å²) >= 11 is 0. The number of rotatable bonds is 10. The molecular formula is C40H75N5O. The van der Waals surface area contributed by atoms with Gasteiger partial charge in [-0.2, -0.15) is 5.90 Å². The van der Waals surface area contributed by atoms with E-state index in [0.29, 0.717) is 17.9 Å². The molecule has 1 aromatic heterocycles. The van der Waals surface area contributed by atoms with Crippen LogP contribution in [-0.4, -0.2) is 27.5 Å². The minimum absolute atomic E-state index is 0.395. The lowest BCUT2D eigenvalue weighted by Gasteiger charge is -2.37. The molecule has 0 aliphatic carbocycles. The third kappa shape index (κ3) is 25.0. The molecule has 1 aromatic carbocycles. The summed E-state index contributed by atoms with van der Waals surface area (Å²) in [6.07, 6.45) is 15.5. The lowest BCUT2D eigenvalue weighted by atomic mass is 9.96. The van der Waals surface area contributed by atoms with Gasteiger partial charge in [0, 0.05) is 24.2 Å². The number of unbranched alkanes of at least 4 members (excludes halogenated alkanes) is 1. The van der Waals surface area contributed by atoms with Gasteiger partial charge in [0.2, 0.25) is 0 Å². The fraction of sp³-hybridized carbons (Fsp3) is 0.575. The monoisotopic (exact) mass is 642 g/mol. The highest BCUT2D eigenvalue weighted by molar-refractivity contribution is 5.58. The molecule has 266 valence electrons. The average Bonchev–Trinajstić information content (AvgIpc) is 3.61. The van der Waals surface area contributed by atoms with Gasteiger partial charge in [-0.25, -0.2) is 4.98 Å². The van der Waals surface area contributed by atoms with Crippen LogP contribution in [0.5, 0.6) is 0 Å². The van der Waals surface area contributed by atoms with E-state index < -0.39 is 0 Å².